The van der Waals surface area contributed by atoms with E-state index in [4.69, 9.17) is 14.6 Å². The third kappa shape index (κ3) is 5.20. The number of esters is 1. The van der Waals surface area contributed by atoms with Gasteiger partial charge in [0.2, 0.25) is 10.0 Å². The van der Waals surface area contributed by atoms with Crippen molar-refractivity contribution >= 4 is 27.3 Å². The minimum absolute atomic E-state index is 0.0366. The van der Waals surface area contributed by atoms with Crippen LogP contribution in [0.3, 0.4) is 0 Å². The average molecular weight is 321 g/mol. The Kier molecular flexibility index (Phi) is 6.12. The first-order valence-corrected chi connectivity index (χ1v) is 8.46. The molecule has 0 aliphatic heterocycles. The lowest BCUT2D eigenvalue weighted by atomic mass is 10.2. The summed E-state index contributed by atoms with van der Waals surface area (Å²) in [5.41, 5.74) is 0. The summed E-state index contributed by atoms with van der Waals surface area (Å²) in [6.07, 6.45) is 0. The third-order valence-corrected chi connectivity index (χ3v) is 4.49. The monoisotopic (exact) mass is 321 g/mol. The van der Waals surface area contributed by atoms with Gasteiger partial charge in [-0.15, -0.1) is 11.3 Å². The zero-order valence-electron chi connectivity index (χ0n) is 11.7. The number of hydrogen-bond donors (Lipinski definition) is 1. The maximum Gasteiger partial charge on any atom is 0.348 e. The van der Waals surface area contributed by atoms with Crippen LogP contribution in [0, 0.1) is 12.8 Å². The fourth-order valence-corrected chi connectivity index (χ4v) is 3.47. The van der Waals surface area contributed by atoms with E-state index in [0.29, 0.717) is 24.0 Å². The van der Waals surface area contributed by atoms with Crippen LogP contribution in [0.4, 0.5) is 0 Å². The van der Waals surface area contributed by atoms with E-state index in [1.165, 1.54) is 6.07 Å². The van der Waals surface area contributed by atoms with E-state index in [9.17, 15) is 13.2 Å². The molecule has 0 atom stereocenters. The van der Waals surface area contributed by atoms with Gasteiger partial charge in [0.25, 0.3) is 0 Å². The number of ether oxygens (including phenoxy) is 2. The van der Waals surface area contributed by atoms with Crippen molar-refractivity contribution in [2.24, 2.45) is 11.1 Å². The van der Waals surface area contributed by atoms with E-state index in [1.54, 1.807) is 6.92 Å². The van der Waals surface area contributed by atoms with Gasteiger partial charge in [-0.25, -0.2) is 18.4 Å². The van der Waals surface area contributed by atoms with Crippen LogP contribution in [0.5, 0.6) is 0 Å². The maximum atomic E-state index is 11.7. The number of sulfonamides is 1. The summed E-state index contributed by atoms with van der Waals surface area (Å²) in [6, 6.07) is 1.24. The zero-order chi connectivity index (χ0) is 15.3. The Bertz CT molecular complexity index is 562. The van der Waals surface area contributed by atoms with Crippen molar-refractivity contribution in [3.8, 4) is 0 Å². The Balaban J connectivity index is 2.53. The van der Waals surface area contributed by atoms with Crippen LogP contribution in [0.2, 0.25) is 0 Å². The van der Waals surface area contributed by atoms with Crippen LogP contribution in [-0.4, -0.2) is 34.2 Å². The standard InChI is InChI=1S/C12H19NO5S2/c1-8(2)7-17-4-5-18-12(14)10-6-11(9(3)19-10)20(13,15)16/h6,8H,4-5,7H2,1-3H3,(H2,13,15,16). The van der Waals surface area contributed by atoms with Gasteiger partial charge in [-0.2, -0.15) is 0 Å². The van der Waals surface area contributed by atoms with Gasteiger partial charge in [0.05, 0.1) is 11.5 Å². The van der Waals surface area contributed by atoms with Gasteiger partial charge in [-0.05, 0) is 18.9 Å². The molecule has 1 rings (SSSR count). The SMILES string of the molecule is Cc1sc(C(=O)OCCOCC(C)C)cc1S(N)(=O)=O. The highest BCUT2D eigenvalue weighted by molar-refractivity contribution is 7.89. The molecule has 0 unspecified atom stereocenters. The van der Waals surface area contributed by atoms with Gasteiger partial charge in [0.15, 0.2) is 0 Å². The second-order valence-corrected chi connectivity index (χ2v) is 7.47. The summed E-state index contributed by atoms with van der Waals surface area (Å²) in [5.74, 6) is -0.149. The lowest BCUT2D eigenvalue weighted by molar-refractivity contribution is 0.0282. The number of thiophene rings is 1. The normalized spacial score (nSPS) is 11.8. The van der Waals surface area contributed by atoms with Crippen molar-refractivity contribution in [1.29, 1.82) is 0 Å². The van der Waals surface area contributed by atoms with Crippen LogP contribution in [0.1, 0.15) is 28.4 Å². The molecule has 0 fully saturated rings. The molecule has 0 aliphatic rings. The number of nitrogens with two attached hydrogens (primary N) is 1. The van der Waals surface area contributed by atoms with E-state index >= 15 is 0 Å². The first kappa shape index (κ1) is 17.1. The molecule has 0 saturated heterocycles. The minimum Gasteiger partial charge on any atom is -0.459 e. The molecule has 1 aromatic rings. The van der Waals surface area contributed by atoms with Gasteiger partial charge in [0, 0.05) is 11.5 Å². The van der Waals surface area contributed by atoms with E-state index in [-0.39, 0.29) is 16.4 Å². The smallest absolute Gasteiger partial charge is 0.348 e. The number of primary sulfonamides is 1. The lowest BCUT2D eigenvalue weighted by Gasteiger charge is -2.06. The molecular formula is C12H19NO5S2. The summed E-state index contributed by atoms with van der Waals surface area (Å²) >= 11 is 1.04. The van der Waals surface area contributed by atoms with E-state index < -0.39 is 16.0 Å². The van der Waals surface area contributed by atoms with Crippen molar-refractivity contribution in [1.82, 2.24) is 0 Å². The van der Waals surface area contributed by atoms with Crippen molar-refractivity contribution in [2.75, 3.05) is 19.8 Å². The average Bonchev–Trinajstić information content (AvgIpc) is 2.70. The fraction of sp³-hybridized carbons (Fsp3) is 0.583. The van der Waals surface area contributed by atoms with Crippen molar-refractivity contribution < 1.29 is 22.7 Å². The number of hydrogen-bond acceptors (Lipinski definition) is 6. The van der Waals surface area contributed by atoms with E-state index in [0.717, 1.165) is 11.3 Å². The molecule has 0 radical (unpaired) electrons. The van der Waals surface area contributed by atoms with Crippen LogP contribution in [-0.2, 0) is 19.5 Å². The van der Waals surface area contributed by atoms with Crippen LogP contribution in [0.15, 0.2) is 11.0 Å². The van der Waals surface area contributed by atoms with Crippen molar-refractivity contribution in [3.05, 3.63) is 15.8 Å². The Morgan fingerprint density at radius 2 is 2.05 bits per heavy atom. The molecule has 1 aromatic heterocycles. The molecule has 2 N–H and O–H groups in total. The molecule has 0 amide bonds. The lowest BCUT2D eigenvalue weighted by Crippen LogP contribution is -2.13. The Morgan fingerprint density at radius 1 is 1.40 bits per heavy atom. The summed E-state index contributed by atoms with van der Waals surface area (Å²) in [7, 11) is -3.81. The van der Waals surface area contributed by atoms with Crippen molar-refractivity contribution in [2.45, 2.75) is 25.7 Å². The molecule has 0 aliphatic carbocycles. The first-order chi connectivity index (χ1) is 9.21. The predicted octanol–water partition coefficient (Wildman–Crippen LogP) is 1.53. The molecule has 0 saturated carbocycles. The molecule has 114 valence electrons. The number of rotatable bonds is 7. The summed E-state index contributed by atoms with van der Waals surface area (Å²) in [6.45, 7) is 6.69. The molecule has 1 heterocycles. The number of carbonyl (C=O) groups is 1. The van der Waals surface area contributed by atoms with Crippen molar-refractivity contribution in [3.63, 3.8) is 0 Å². The van der Waals surface area contributed by atoms with Gasteiger partial charge in [0.1, 0.15) is 11.5 Å². The molecule has 0 bridgehead atoms. The molecule has 20 heavy (non-hydrogen) atoms. The second-order valence-electron chi connectivity index (χ2n) is 4.68. The molecule has 8 heteroatoms. The highest BCUT2D eigenvalue weighted by Gasteiger charge is 2.19. The first-order valence-electron chi connectivity index (χ1n) is 6.10. The molecule has 0 spiro atoms. The summed E-state index contributed by atoms with van der Waals surface area (Å²) < 4.78 is 32.8. The second kappa shape index (κ2) is 7.16. The number of carbonyl (C=O) groups excluding carboxylic acids is 1. The molecular weight excluding hydrogens is 302 g/mol. The highest BCUT2D eigenvalue weighted by atomic mass is 32.2. The van der Waals surface area contributed by atoms with E-state index in [2.05, 4.69) is 0 Å². The summed E-state index contributed by atoms with van der Waals surface area (Å²) in [4.78, 5) is 12.4. The van der Waals surface area contributed by atoms with Gasteiger partial charge in [-0.1, -0.05) is 13.8 Å². The largest absolute Gasteiger partial charge is 0.459 e. The minimum atomic E-state index is -3.81. The quantitative estimate of drug-likeness (QED) is 0.607. The summed E-state index contributed by atoms with van der Waals surface area (Å²) in [5, 5.41) is 5.05. The zero-order valence-corrected chi connectivity index (χ0v) is 13.3. The Hall–Kier alpha value is -0.960. The van der Waals surface area contributed by atoms with Gasteiger partial charge < -0.3 is 9.47 Å². The van der Waals surface area contributed by atoms with E-state index in [1.807, 2.05) is 13.8 Å². The van der Waals surface area contributed by atoms with Crippen LogP contribution in [0.25, 0.3) is 0 Å². The molecule has 0 aromatic carbocycles. The highest BCUT2D eigenvalue weighted by Crippen LogP contribution is 2.25. The topological polar surface area (TPSA) is 95.7 Å². The maximum absolute atomic E-state index is 11.7. The predicted molar refractivity (Wildman–Crippen MR) is 76.4 cm³/mol. The molecule has 6 nitrogen and oxygen atoms in total. The van der Waals surface area contributed by atoms with Crippen LogP contribution >= 0.6 is 11.3 Å². The fourth-order valence-electron chi connectivity index (χ4n) is 1.43. The van der Waals surface area contributed by atoms with Gasteiger partial charge >= 0.3 is 5.97 Å². The van der Waals surface area contributed by atoms with Gasteiger partial charge in [-0.3, -0.25) is 0 Å². The van der Waals surface area contributed by atoms with Crippen LogP contribution < -0.4 is 5.14 Å². The number of aryl methyl sites for hydroxylation is 1. The Labute approximate surface area is 122 Å². The Morgan fingerprint density at radius 3 is 2.55 bits per heavy atom. The third-order valence-electron chi connectivity index (χ3n) is 2.29.